The molecule has 2 amide bonds. The minimum absolute atomic E-state index is 0.146. The van der Waals surface area contributed by atoms with Gasteiger partial charge in [0.1, 0.15) is 5.69 Å². The summed E-state index contributed by atoms with van der Waals surface area (Å²) in [5.74, 6) is 0.253. The molecule has 0 atom stereocenters. The number of hydrogen-bond donors (Lipinski definition) is 1. The topological polar surface area (TPSA) is 91.3 Å². The number of anilines is 1. The molecule has 3 heterocycles. The van der Waals surface area contributed by atoms with E-state index in [2.05, 4.69) is 20.3 Å². The number of hydrogen-bond acceptors (Lipinski definition) is 6. The first-order valence-electron chi connectivity index (χ1n) is 7.71. The molecule has 1 fully saturated rings. The summed E-state index contributed by atoms with van der Waals surface area (Å²) in [7, 11) is 0. The van der Waals surface area contributed by atoms with Gasteiger partial charge in [0.25, 0.3) is 5.91 Å². The van der Waals surface area contributed by atoms with Gasteiger partial charge in [0.2, 0.25) is 12.4 Å². The zero-order valence-electron chi connectivity index (χ0n) is 13.1. The maximum Gasteiger partial charge on any atom is 0.272 e. The van der Waals surface area contributed by atoms with E-state index < -0.39 is 0 Å². The molecule has 8 heteroatoms. The van der Waals surface area contributed by atoms with E-state index in [9.17, 15) is 9.59 Å². The Balaban J connectivity index is 1.62. The van der Waals surface area contributed by atoms with Crippen molar-refractivity contribution in [3.05, 3.63) is 48.0 Å². The first kappa shape index (κ1) is 15.9. The third-order valence-corrected chi connectivity index (χ3v) is 3.80. The van der Waals surface area contributed by atoms with E-state index in [-0.39, 0.29) is 5.91 Å². The molecule has 0 aromatic carbocycles. The van der Waals surface area contributed by atoms with Crippen molar-refractivity contribution in [3.63, 3.8) is 0 Å². The van der Waals surface area contributed by atoms with E-state index in [1.54, 1.807) is 34.5 Å². The van der Waals surface area contributed by atoms with Gasteiger partial charge in [-0.25, -0.2) is 9.97 Å². The summed E-state index contributed by atoms with van der Waals surface area (Å²) in [5, 5.41) is 3.09. The number of aromatic nitrogens is 3. The lowest BCUT2D eigenvalue weighted by molar-refractivity contribution is -0.119. The largest absolute Gasteiger partial charge is 0.350 e. The van der Waals surface area contributed by atoms with Crippen LogP contribution in [0.5, 0.6) is 0 Å². The molecule has 1 aliphatic rings. The van der Waals surface area contributed by atoms with Gasteiger partial charge in [0.15, 0.2) is 0 Å². The summed E-state index contributed by atoms with van der Waals surface area (Å²) in [4.78, 5) is 39.1. The van der Waals surface area contributed by atoms with Gasteiger partial charge in [-0.15, -0.1) is 0 Å². The van der Waals surface area contributed by atoms with Crippen LogP contribution in [0.3, 0.4) is 0 Å². The lowest BCUT2D eigenvalue weighted by Gasteiger charge is -2.32. The van der Waals surface area contributed by atoms with Gasteiger partial charge in [0.05, 0.1) is 0 Å². The lowest BCUT2D eigenvalue weighted by Crippen LogP contribution is -2.48. The Kier molecular flexibility index (Phi) is 4.95. The molecule has 1 N–H and O–H groups in total. The van der Waals surface area contributed by atoms with E-state index in [1.165, 1.54) is 0 Å². The number of carbonyl (C=O) groups excluding carboxylic acids is 2. The van der Waals surface area contributed by atoms with Crippen LogP contribution < -0.4 is 5.32 Å². The molecular weight excluding hydrogens is 308 g/mol. The highest BCUT2D eigenvalue weighted by molar-refractivity contribution is 5.92. The fourth-order valence-electron chi connectivity index (χ4n) is 2.44. The van der Waals surface area contributed by atoms with Crippen molar-refractivity contribution < 1.29 is 9.59 Å². The fraction of sp³-hybridized carbons (Fsp3) is 0.312. The Morgan fingerprint density at radius 3 is 2.75 bits per heavy atom. The molecule has 0 bridgehead atoms. The van der Waals surface area contributed by atoms with Crippen LogP contribution in [0.25, 0.3) is 0 Å². The summed E-state index contributed by atoms with van der Waals surface area (Å²) in [6.45, 7) is 2.66. The first-order valence-corrected chi connectivity index (χ1v) is 7.71. The third kappa shape index (κ3) is 3.83. The van der Waals surface area contributed by atoms with E-state index >= 15 is 0 Å². The standard InChI is InChI=1S/C16H18N6O2/c23-12-21-6-8-22(9-7-21)15(24)14-3-5-18-16(20-14)19-11-13-2-1-4-17-10-13/h1-5,10,12H,6-9,11H2,(H,18,19,20). The zero-order chi connectivity index (χ0) is 16.8. The number of rotatable bonds is 5. The molecule has 0 aliphatic carbocycles. The van der Waals surface area contributed by atoms with Crippen LogP contribution >= 0.6 is 0 Å². The Morgan fingerprint density at radius 1 is 1.21 bits per heavy atom. The maximum atomic E-state index is 12.5. The van der Waals surface area contributed by atoms with Crippen LogP contribution in [0.15, 0.2) is 36.8 Å². The summed E-state index contributed by atoms with van der Waals surface area (Å²) in [6, 6.07) is 5.40. The van der Waals surface area contributed by atoms with Gasteiger partial charge in [-0.1, -0.05) is 6.07 Å². The third-order valence-electron chi connectivity index (χ3n) is 3.80. The first-order chi connectivity index (χ1) is 11.8. The molecule has 0 unspecified atom stereocenters. The number of pyridine rings is 1. The fourth-order valence-corrected chi connectivity index (χ4v) is 2.44. The normalized spacial score (nSPS) is 14.3. The van der Waals surface area contributed by atoms with Crippen molar-refractivity contribution in [2.75, 3.05) is 31.5 Å². The average Bonchev–Trinajstić information content (AvgIpc) is 2.67. The molecule has 24 heavy (non-hydrogen) atoms. The quantitative estimate of drug-likeness (QED) is 0.800. The molecule has 0 radical (unpaired) electrons. The van der Waals surface area contributed by atoms with E-state index in [0.29, 0.717) is 44.4 Å². The van der Waals surface area contributed by atoms with Crippen molar-refractivity contribution in [2.24, 2.45) is 0 Å². The second kappa shape index (κ2) is 7.49. The molecular formula is C16H18N6O2. The highest BCUT2D eigenvalue weighted by Crippen LogP contribution is 2.09. The number of piperazine rings is 1. The van der Waals surface area contributed by atoms with Crippen LogP contribution in [0.2, 0.25) is 0 Å². The monoisotopic (exact) mass is 326 g/mol. The Morgan fingerprint density at radius 2 is 2.04 bits per heavy atom. The van der Waals surface area contributed by atoms with E-state index in [4.69, 9.17) is 0 Å². The van der Waals surface area contributed by atoms with Crippen molar-refractivity contribution in [2.45, 2.75) is 6.54 Å². The van der Waals surface area contributed by atoms with Gasteiger partial charge in [-0.2, -0.15) is 0 Å². The molecule has 1 saturated heterocycles. The Labute approximate surface area is 139 Å². The average molecular weight is 326 g/mol. The maximum absolute atomic E-state index is 12.5. The van der Waals surface area contributed by atoms with Crippen LogP contribution in [0.1, 0.15) is 16.1 Å². The Hall–Kier alpha value is -3.03. The van der Waals surface area contributed by atoms with Gasteiger partial charge in [0, 0.05) is 51.3 Å². The van der Waals surface area contributed by atoms with Gasteiger partial charge in [-0.05, 0) is 17.7 Å². The van der Waals surface area contributed by atoms with Crippen molar-refractivity contribution >= 4 is 18.3 Å². The predicted molar refractivity (Wildman–Crippen MR) is 87.1 cm³/mol. The minimum atomic E-state index is -0.146. The lowest BCUT2D eigenvalue weighted by atomic mass is 10.3. The zero-order valence-corrected chi connectivity index (χ0v) is 13.1. The molecule has 2 aromatic heterocycles. The predicted octanol–water partition coefficient (Wildman–Crippen LogP) is 0.398. The number of nitrogens with zero attached hydrogens (tertiary/aromatic N) is 5. The van der Waals surface area contributed by atoms with Gasteiger partial charge < -0.3 is 15.1 Å². The summed E-state index contributed by atoms with van der Waals surface area (Å²) < 4.78 is 0. The summed E-state index contributed by atoms with van der Waals surface area (Å²) in [5.41, 5.74) is 1.35. The molecule has 124 valence electrons. The smallest absolute Gasteiger partial charge is 0.272 e. The Bertz CT molecular complexity index is 701. The second-order valence-corrected chi connectivity index (χ2v) is 5.41. The molecule has 3 rings (SSSR count). The van der Waals surface area contributed by atoms with Gasteiger partial charge in [-0.3, -0.25) is 14.6 Å². The van der Waals surface area contributed by atoms with Crippen LogP contribution in [-0.2, 0) is 11.3 Å². The summed E-state index contributed by atoms with van der Waals surface area (Å²) in [6.07, 6.45) is 5.85. The van der Waals surface area contributed by atoms with Gasteiger partial charge >= 0.3 is 0 Å². The van der Waals surface area contributed by atoms with Crippen molar-refractivity contribution in [1.82, 2.24) is 24.8 Å². The molecule has 2 aromatic rings. The van der Waals surface area contributed by atoms with Crippen molar-refractivity contribution in [1.29, 1.82) is 0 Å². The van der Waals surface area contributed by atoms with E-state index in [0.717, 1.165) is 12.0 Å². The van der Waals surface area contributed by atoms with Crippen LogP contribution in [0.4, 0.5) is 5.95 Å². The summed E-state index contributed by atoms with van der Waals surface area (Å²) >= 11 is 0. The molecule has 0 spiro atoms. The van der Waals surface area contributed by atoms with Crippen molar-refractivity contribution in [3.8, 4) is 0 Å². The van der Waals surface area contributed by atoms with Crippen LogP contribution in [0, 0.1) is 0 Å². The SMILES string of the molecule is O=CN1CCN(C(=O)c2ccnc(NCc3cccnc3)n2)CC1. The second-order valence-electron chi connectivity index (χ2n) is 5.41. The number of carbonyl (C=O) groups is 2. The number of nitrogens with one attached hydrogen (secondary N) is 1. The highest BCUT2D eigenvalue weighted by atomic mass is 16.2. The van der Waals surface area contributed by atoms with E-state index in [1.807, 2.05) is 12.1 Å². The molecule has 8 nitrogen and oxygen atoms in total. The highest BCUT2D eigenvalue weighted by Gasteiger charge is 2.22. The minimum Gasteiger partial charge on any atom is -0.350 e. The van der Waals surface area contributed by atoms with Crippen LogP contribution in [-0.4, -0.2) is 63.2 Å². The number of amides is 2. The molecule has 1 aliphatic heterocycles. The molecule has 0 saturated carbocycles.